The number of hydrogen-bond acceptors (Lipinski definition) is 7. The van der Waals surface area contributed by atoms with Crippen LogP contribution < -0.4 is 15.7 Å². The summed E-state index contributed by atoms with van der Waals surface area (Å²) in [5.41, 5.74) is -0.284. The van der Waals surface area contributed by atoms with Crippen LogP contribution >= 0.6 is 11.6 Å². The van der Waals surface area contributed by atoms with Crippen molar-refractivity contribution in [2.75, 3.05) is 19.8 Å². The number of carbonyl (C=O) groups is 2. The first-order valence-corrected chi connectivity index (χ1v) is 16.7. The molecule has 0 aliphatic carbocycles. The van der Waals surface area contributed by atoms with Gasteiger partial charge in [0.1, 0.15) is 5.60 Å². The molecule has 0 saturated carbocycles. The molecule has 0 radical (unpaired) electrons. The van der Waals surface area contributed by atoms with Gasteiger partial charge in [0, 0.05) is 12.4 Å². The molecule has 0 bridgehead atoms. The second-order valence-electron chi connectivity index (χ2n) is 12.6. The molecule has 43 heavy (non-hydrogen) atoms. The Kier molecular flexibility index (Phi) is 10.3. The number of aromatic nitrogens is 2. The lowest BCUT2D eigenvalue weighted by atomic mass is 10.1. The van der Waals surface area contributed by atoms with E-state index in [0.717, 1.165) is 10.4 Å². The van der Waals surface area contributed by atoms with Crippen LogP contribution in [0.15, 0.2) is 73.1 Å². The van der Waals surface area contributed by atoms with Crippen molar-refractivity contribution in [3.63, 3.8) is 0 Å². The van der Waals surface area contributed by atoms with E-state index in [0.29, 0.717) is 5.69 Å². The number of ether oxygens (including phenoxy) is 2. The minimum Gasteiger partial charge on any atom is -0.444 e. The summed E-state index contributed by atoms with van der Waals surface area (Å²) in [4.78, 5) is 36.4. The molecule has 2 amide bonds. The van der Waals surface area contributed by atoms with Crippen LogP contribution in [0.25, 0.3) is 0 Å². The van der Waals surface area contributed by atoms with Crippen LogP contribution in [0.5, 0.6) is 0 Å². The molecule has 0 unspecified atom stereocenters. The summed E-state index contributed by atoms with van der Waals surface area (Å²) >= 11 is 6.09. The molecule has 2 heterocycles. The van der Waals surface area contributed by atoms with E-state index in [4.69, 9.17) is 25.5 Å². The number of benzene rings is 2. The number of hydrogen-bond donors (Lipinski definition) is 1. The van der Waals surface area contributed by atoms with E-state index >= 15 is 0 Å². The van der Waals surface area contributed by atoms with Gasteiger partial charge >= 0.3 is 6.09 Å². The molecule has 0 spiro atoms. The van der Waals surface area contributed by atoms with Gasteiger partial charge in [-0.25, -0.2) is 9.78 Å². The van der Waals surface area contributed by atoms with Crippen molar-refractivity contribution in [3.05, 3.63) is 83.9 Å². The average molecular weight is 625 g/mol. The fourth-order valence-corrected chi connectivity index (χ4v) is 10.0. The third kappa shape index (κ3) is 7.80. The lowest BCUT2D eigenvalue weighted by Gasteiger charge is -2.45. The van der Waals surface area contributed by atoms with Crippen LogP contribution in [0.4, 0.5) is 4.79 Å². The molecule has 2 aromatic carbocycles. The topological polar surface area (TPSA) is 103 Å². The van der Waals surface area contributed by atoms with E-state index in [9.17, 15) is 9.59 Å². The standard InChI is InChI=1S/C32H41ClN4O5Si/c1-31(2,3)42-30(39)37-20-27(29(38)36-19-26-28(33)35-18-17-34-26)40-21-23(37)22-41-43(32(4,5)6,24-13-9-7-10-14-24)25-15-11-8-12-16-25/h7-18,23,27H,19-22H2,1-6H3,(H,36,38)/t23-,27+/m0/s1. The molecule has 230 valence electrons. The predicted octanol–water partition coefficient (Wildman–Crippen LogP) is 4.33. The van der Waals surface area contributed by atoms with E-state index in [1.54, 1.807) is 4.90 Å². The van der Waals surface area contributed by atoms with E-state index < -0.39 is 32.2 Å². The van der Waals surface area contributed by atoms with Crippen LogP contribution in [0, 0.1) is 0 Å². The van der Waals surface area contributed by atoms with Gasteiger partial charge in [0.2, 0.25) is 0 Å². The third-order valence-corrected chi connectivity index (χ3v) is 12.6. The van der Waals surface area contributed by atoms with Gasteiger partial charge in [-0.2, -0.15) is 0 Å². The molecule has 1 fully saturated rings. The lowest BCUT2D eigenvalue weighted by molar-refractivity contribution is -0.142. The molecule has 1 saturated heterocycles. The lowest BCUT2D eigenvalue weighted by Crippen LogP contribution is -2.68. The Morgan fingerprint density at radius 2 is 1.56 bits per heavy atom. The number of carbonyl (C=O) groups excluding carboxylic acids is 2. The van der Waals surface area contributed by atoms with Crippen molar-refractivity contribution >= 4 is 42.3 Å². The molecule has 2 atom stereocenters. The highest BCUT2D eigenvalue weighted by atomic mass is 35.5. The van der Waals surface area contributed by atoms with Gasteiger partial charge in [0.05, 0.1) is 38.0 Å². The highest BCUT2D eigenvalue weighted by Crippen LogP contribution is 2.37. The van der Waals surface area contributed by atoms with Crippen molar-refractivity contribution in [1.29, 1.82) is 0 Å². The van der Waals surface area contributed by atoms with Crippen LogP contribution in [-0.2, 0) is 25.2 Å². The number of rotatable bonds is 8. The van der Waals surface area contributed by atoms with Crippen LogP contribution in [0.3, 0.4) is 0 Å². The predicted molar refractivity (Wildman–Crippen MR) is 169 cm³/mol. The highest BCUT2D eigenvalue weighted by molar-refractivity contribution is 6.99. The van der Waals surface area contributed by atoms with Gasteiger partial charge in [-0.15, -0.1) is 0 Å². The van der Waals surface area contributed by atoms with Gasteiger partial charge in [-0.1, -0.05) is 93.0 Å². The third-order valence-electron chi connectivity index (χ3n) is 7.28. The second kappa shape index (κ2) is 13.5. The second-order valence-corrected chi connectivity index (χ2v) is 17.3. The first kappa shape index (κ1) is 32.6. The SMILES string of the molecule is CC(C)(C)OC(=O)N1C[C@H](C(=O)NCc2nccnc2Cl)OC[C@H]1CO[Si](c1ccccc1)(c1ccccc1)C(C)(C)C. The van der Waals surface area contributed by atoms with E-state index in [-0.39, 0.29) is 42.4 Å². The minimum atomic E-state index is -2.88. The molecular weight excluding hydrogens is 584 g/mol. The first-order chi connectivity index (χ1) is 20.3. The number of nitrogens with zero attached hydrogens (tertiary/aromatic N) is 3. The molecule has 11 heteroatoms. The summed E-state index contributed by atoms with van der Waals surface area (Å²) < 4.78 is 18.9. The van der Waals surface area contributed by atoms with Crippen molar-refractivity contribution in [1.82, 2.24) is 20.2 Å². The zero-order valence-corrected chi connectivity index (χ0v) is 27.4. The molecule has 1 N–H and O–H groups in total. The number of amides is 2. The summed E-state index contributed by atoms with van der Waals surface area (Å²) in [5, 5.41) is 5.03. The fraction of sp³-hybridized carbons (Fsp3) is 0.438. The maximum absolute atomic E-state index is 13.5. The summed E-state index contributed by atoms with van der Waals surface area (Å²) in [6, 6.07) is 20.1. The first-order valence-electron chi connectivity index (χ1n) is 14.4. The Hall–Kier alpha value is -3.31. The van der Waals surface area contributed by atoms with E-state index in [1.165, 1.54) is 12.4 Å². The smallest absolute Gasteiger partial charge is 0.410 e. The number of morpholine rings is 1. The minimum absolute atomic E-state index is 0.00369. The Bertz CT molecular complexity index is 1340. The Morgan fingerprint density at radius 3 is 2.09 bits per heavy atom. The number of nitrogens with one attached hydrogen (secondary N) is 1. The van der Waals surface area contributed by atoms with Crippen molar-refractivity contribution in [2.24, 2.45) is 0 Å². The van der Waals surface area contributed by atoms with Gasteiger partial charge in [0.25, 0.3) is 14.2 Å². The Morgan fingerprint density at radius 1 is 0.977 bits per heavy atom. The molecule has 9 nitrogen and oxygen atoms in total. The molecule has 1 aliphatic rings. The highest BCUT2D eigenvalue weighted by Gasteiger charge is 2.51. The van der Waals surface area contributed by atoms with E-state index in [2.05, 4.69) is 60.3 Å². The van der Waals surface area contributed by atoms with Crippen LogP contribution in [-0.4, -0.2) is 72.7 Å². The summed E-state index contributed by atoms with van der Waals surface area (Å²) in [7, 11) is -2.88. The Balaban J connectivity index is 1.59. The maximum Gasteiger partial charge on any atom is 0.410 e. The molecule has 3 aromatic rings. The van der Waals surface area contributed by atoms with Crippen molar-refractivity contribution in [3.8, 4) is 0 Å². The molecule has 1 aliphatic heterocycles. The normalized spacial score (nSPS) is 17.8. The van der Waals surface area contributed by atoms with Crippen LogP contribution in [0.1, 0.15) is 47.2 Å². The van der Waals surface area contributed by atoms with E-state index in [1.807, 2.05) is 57.2 Å². The average Bonchev–Trinajstić information content (AvgIpc) is 2.96. The van der Waals surface area contributed by atoms with Gasteiger partial charge in [-0.3, -0.25) is 14.7 Å². The summed E-state index contributed by atoms with van der Waals surface area (Å²) in [6.07, 6.45) is 1.55. The largest absolute Gasteiger partial charge is 0.444 e. The maximum atomic E-state index is 13.5. The Labute approximate surface area is 260 Å². The van der Waals surface area contributed by atoms with Gasteiger partial charge in [-0.05, 0) is 36.2 Å². The fourth-order valence-electron chi connectivity index (χ4n) is 5.27. The molecular formula is C32H41ClN4O5Si. The number of halogens is 1. The van der Waals surface area contributed by atoms with Gasteiger partial charge < -0.3 is 19.2 Å². The molecule has 4 rings (SSSR count). The quantitative estimate of drug-likeness (QED) is 0.372. The van der Waals surface area contributed by atoms with Crippen molar-refractivity contribution in [2.45, 2.75) is 70.9 Å². The monoisotopic (exact) mass is 624 g/mol. The van der Waals surface area contributed by atoms with Gasteiger partial charge in [0.15, 0.2) is 11.3 Å². The van der Waals surface area contributed by atoms with Crippen molar-refractivity contribution < 1.29 is 23.5 Å². The zero-order chi connectivity index (χ0) is 31.3. The summed E-state index contributed by atoms with van der Waals surface area (Å²) in [5.74, 6) is -0.387. The molecule has 1 aromatic heterocycles. The van der Waals surface area contributed by atoms with Crippen LogP contribution in [0.2, 0.25) is 10.2 Å². The zero-order valence-electron chi connectivity index (χ0n) is 25.7. The summed E-state index contributed by atoms with van der Waals surface area (Å²) in [6.45, 7) is 12.4.